The molecule has 1 atom stereocenters. The second kappa shape index (κ2) is 4.13. The van der Waals surface area contributed by atoms with Crippen LogP contribution in [0.4, 0.5) is 11.6 Å². The summed E-state index contributed by atoms with van der Waals surface area (Å²) in [4.78, 5) is 13.1. The minimum atomic E-state index is 0.715. The van der Waals surface area contributed by atoms with Crippen LogP contribution in [0.5, 0.6) is 0 Å². The van der Waals surface area contributed by atoms with E-state index in [0.29, 0.717) is 6.04 Å². The van der Waals surface area contributed by atoms with Crippen LogP contribution < -0.4 is 10.6 Å². The van der Waals surface area contributed by atoms with Gasteiger partial charge in [-0.1, -0.05) is 0 Å². The fraction of sp³-hybridized carbons (Fsp3) is 0.500. The summed E-state index contributed by atoms with van der Waals surface area (Å²) in [5.74, 6) is 0.993. The number of aromatic amines is 1. The molecule has 1 aromatic heterocycles. The summed E-state index contributed by atoms with van der Waals surface area (Å²) >= 11 is 0. The van der Waals surface area contributed by atoms with Gasteiger partial charge in [-0.05, 0) is 37.6 Å². The topological polar surface area (TPSA) is 61.2 Å². The van der Waals surface area contributed by atoms with Crippen LogP contribution in [-0.2, 0) is 0 Å². The number of nitrogen functional groups attached to an aromatic ring is 1. The number of benzene rings is 1. The van der Waals surface area contributed by atoms with Crippen LogP contribution in [0.3, 0.4) is 0 Å². The van der Waals surface area contributed by atoms with E-state index in [1.807, 2.05) is 18.2 Å². The van der Waals surface area contributed by atoms with Crippen molar-refractivity contribution in [3.8, 4) is 0 Å². The van der Waals surface area contributed by atoms with Crippen molar-refractivity contribution in [2.45, 2.75) is 18.9 Å². The Morgan fingerprint density at radius 3 is 3.16 bits per heavy atom. The van der Waals surface area contributed by atoms with Crippen LogP contribution in [0.1, 0.15) is 12.8 Å². The van der Waals surface area contributed by atoms with Crippen molar-refractivity contribution in [2.75, 3.05) is 36.8 Å². The Balaban J connectivity index is 1.63. The highest BCUT2D eigenvalue weighted by Crippen LogP contribution is 2.25. The van der Waals surface area contributed by atoms with E-state index in [-0.39, 0.29) is 0 Å². The van der Waals surface area contributed by atoms with Gasteiger partial charge in [0.1, 0.15) is 0 Å². The number of nitrogens with two attached hydrogens (primary N) is 1. The van der Waals surface area contributed by atoms with E-state index < -0.39 is 0 Å². The summed E-state index contributed by atoms with van der Waals surface area (Å²) < 4.78 is 0. The number of piperazine rings is 1. The van der Waals surface area contributed by atoms with Crippen molar-refractivity contribution in [3.05, 3.63) is 18.2 Å². The predicted octanol–water partition coefficient (Wildman–Crippen LogP) is 1.43. The highest BCUT2D eigenvalue weighted by atomic mass is 15.3. The first-order chi connectivity index (χ1) is 9.29. The van der Waals surface area contributed by atoms with E-state index >= 15 is 0 Å². The molecule has 0 radical (unpaired) electrons. The smallest absolute Gasteiger partial charge is 0.203 e. The summed E-state index contributed by atoms with van der Waals surface area (Å²) in [6.07, 6.45) is 2.67. The van der Waals surface area contributed by atoms with E-state index in [1.54, 1.807) is 0 Å². The van der Waals surface area contributed by atoms with E-state index in [0.717, 1.165) is 42.3 Å². The Morgan fingerprint density at radius 1 is 1.26 bits per heavy atom. The molecule has 1 aromatic carbocycles. The molecular formula is C14H19N5. The number of nitrogens with one attached hydrogen (secondary N) is 1. The lowest BCUT2D eigenvalue weighted by atomic mass is 10.2. The lowest BCUT2D eigenvalue weighted by molar-refractivity contribution is 0.230. The first-order valence-corrected chi connectivity index (χ1v) is 7.04. The second-order valence-corrected chi connectivity index (χ2v) is 5.62. The summed E-state index contributed by atoms with van der Waals surface area (Å²) in [5.41, 5.74) is 8.62. The number of anilines is 2. The molecule has 4 rings (SSSR count). The Morgan fingerprint density at radius 2 is 2.21 bits per heavy atom. The highest BCUT2D eigenvalue weighted by Gasteiger charge is 2.31. The zero-order valence-electron chi connectivity index (χ0n) is 11.0. The molecule has 3 heterocycles. The summed E-state index contributed by atoms with van der Waals surface area (Å²) in [5, 5.41) is 0. The third-order valence-electron chi connectivity index (χ3n) is 4.38. The van der Waals surface area contributed by atoms with Gasteiger partial charge in [-0.15, -0.1) is 0 Å². The number of hydrogen-bond acceptors (Lipinski definition) is 4. The van der Waals surface area contributed by atoms with Gasteiger partial charge in [0, 0.05) is 31.4 Å². The average molecular weight is 257 g/mol. The third kappa shape index (κ3) is 1.85. The van der Waals surface area contributed by atoms with Gasteiger partial charge in [0.25, 0.3) is 0 Å². The van der Waals surface area contributed by atoms with Crippen molar-refractivity contribution >= 4 is 22.7 Å². The van der Waals surface area contributed by atoms with Gasteiger partial charge in [0.15, 0.2) is 0 Å². The maximum Gasteiger partial charge on any atom is 0.203 e. The molecule has 2 saturated heterocycles. The van der Waals surface area contributed by atoms with Gasteiger partial charge in [-0.3, -0.25) is 4.90 Å². The molecule has 5 nitrogen and oxygen atoms in total. The fourth-order valence-corrected chi connectivity index (χ4v) is 3.35. The third-order valence-corrected chi connectivity index (χ3v) is 4.38. The van der Waals surface area contributed by atoms with Crippen LogP contribution in [0.2, 0.25) is 0 Å². The molecule has 2 aliphatic rings. The zero-order chi connectivity index (χ0) is 12.8. The van der Waals surface area contributed by atoms with E-state index in [2.05, 4.69) is 19.8 Å². The molecule has 100 valence electrons. The molecule has 2 fully saturated rings. The number of rotatable bonds is 1. The number of imidazole rings is 1. The molecule has 0 bridgehead atoms. The summed E-state index contributed by atoms with van der Waals surface area (Å²) in [6, 6.07) is 6.56. The molecule has 3 N–H and O–H groups in total. The number of aromatic nitrogens is 2. The largest absolute Gasteiger partial charge is 0.399 e. The Hall–Kier alpha value is -1.75. The quantitative estimate of drug-likeness (QED) is 0.759. The van der Waals surface area contributed by atoms with E-state index in [1.165, 1.54) is 19.4 Å². The van der Waals surface area contributed by atoms with Crippen LogP contribution in [0, 0.1) is 0 Å². The van der Waals surface area contributed by atoms with Gasteiger partial charge in [0.2, 0.25) is 5.95 Å². The van der Waals surface area contributed by atoms with Gasteiger partial charge in [-0.25, -0.2) is 4.98 Å². The number of hydrogen-bond donors (Lipinski definition) is 2. The molecule has 0 saturated carbocycles. The lowest BCUT2D eigenvalue weighted by Gasteiger charge is -2.37. The maximum absolute atomic E-state index is 5.81. The maximum atomic E-state index is 5.81. The highest BCUT2D eigenvalue weighted by molar-refractivity contribution is 5.80. The number of nitrogens with zero attached hydrogens (tertiary/aromatic N) is 3. The summed E-state index contributed by atoms with van der Waals surface area (Å²) in [7, 11) is 0. The minimum absolute atomic E-state index is 0.715. The average Bonchev–Trinajstić information content (AvgIpc) is 3.02. The SMILES string of the molecule is Nc1ccc2nc(N3CCN4CCCC4C3)[nH]c2c1. The van der Waals surface area contributed by atoms with Crippen molar-refractivity contribution in [3.63, 3.8) is 0 Å². The molecule has 2 aliphatic heterocycles. The first kappa shape index (κ1) is 11.1. The minimum Gasteiger partial charge on any atom is -0.399 e. The molecule has 2 aromatic rings. The van der Waals surface area contributed by atoms with Gasteiger partial charge in [0.05, 0.1) is 11.0 Å². The molecule has 0 amide bonds. The van der Waals surface area contributed by atoms with E-state index in [4.69, 9.17) is 5.73 Å². The van der Waals surface area contributed by atoms with Gasteiger partial charge < -0.3 is 15.6 Å². The van der Waals surface area contributed by atoms with Crippen molar-refractivity contribution in [1.82, 2.24) is 14.9 Å². The van der Waals surface area contributed by atoms with E-state index in [9.17, 15) is 0 Å². The van der Waals surface area contributed by atoms with Crippen LogP contribution >= 0.6 is 0 Å². The molecule has 0 spiro atoms. The standard InChI is InChI=1S/C14H19N5/c15-10-3-4-12-13(8-10)17-14(16-12)19-7-6-18-5-1-2-11(18)9-19/h3-4,8,11H,1-2,5-7,9,15H2,(H,16,17). The first-order valence-electron chi connectivity index (χ1n) is 7.04. The summed E-state index contributed by atoms with van der Waals surface area (Å²) in [6.45, 7) is 4.58. The Bertz CT molecular complexity index is 605. The molecule has 5 heteroatoms. The number of fused-ring (bicyclic) bond motifs is 2. The van der Waals surface area contributed by atoms with Crippen molar-refractivity contribution < 1.29 is 0 Å². The van der Waals surface area contributed by atoms with Crippen LogP contribution in [0.15, 0.2) is 18.2 Å². The number of H-pyrrole nitrogens is 1. The Kier molecular flexibility index (Phi) is 2.41. The molecule has 0 aliphatic carbocycles. The van der Waals surface area contributed by atoms with Crippen molar-refractivity contribution in [1.29, 1.82) is 0 Å². The monoisotopic (exact) mass is 257 g/mol. The normalized spacial score (nSPS) is 24.0. The lowest BCUT2D eigenvalue weighted by Crippen LogP contribution is -2.50. The van der Waals surface area contributed by atoms with Crippen molar-refractivity contribution in [2.24, 2.45) is 0 Å². The molecule has 19 heavy (non-hydrogen) atoms. The van der Waals surface area contributed by atoms with Gasteiger partial charge >= 0.3 is 0 Å². The Labute approximate surface area is 112 Å². The predicted molar refractivity (Wildman–Crippen MR) is 77.3 cm³/mol. The van der Waals surface area contributed by atoms with Crippen LogP contribution in [0.25, 0.3) is 11.0 Å². The van der Waals surface area contributed by atoms with Crippen LogP contribution in [-0.4, -0.2) is 47.1 Å². The molecule has 1 unspecified atom stereocenters. The van der Waals surface area contributed by atoms with Gasteiger partial charge in [-0.2, -0.15) is 0 Å². The second-order valence-electron chi connectivity index (χ2n) is 5.62. The fourth-order valence-electron chi connectivity index (χ4n) is 3.35. The zero-order valence-corrected chi connectivity index (χ0v) is 11.0. The molecular weight excluding hydrogens is 238 g/mol.